The van der Waals surface area contributed by atoms with Crippen molar-refractivity contribution in [1.29, 1.82) is 0 Å². The van der Waals surface area contributed by atoms with E-state index in [2.05, 4.69) is 22.7 Å². The Bertz CT molecular complexity index is 486. The topological polar surface area (TPSA) is 33.7 Å². The Labute approximate surface area is 127 Å². The number of methoxy groups -OCH3 is 2. The van der Waals surface area contributed by atoms with Crippen LogP contribution < -0.4 is 10.2 Å². The highest BCUT2D eigenvalue weighted by molar-refractivity contribution is 5.32. The molecule has 114 valence electrons. The van der Waals surface area contributed by atoms with Crippen molar-refractivity contribution in [3.8, 4) is 5.75 Å². The van der Waals surface area contributed by atoms with E-state index in [0.717, 1.165) is 24.4 Å². The molecule has 1 N–H and O–H groups in total. The predicted octanol–water partition coefficient (Wildman–Crippen LogP) is 3.04. The van der Waals surface area contributed by atoms with Gasteiger partial charge in [-0.3, -0.25) is 0 Å². The molecule has 1 fully saturated rings. The first-order valence-electron chi connectivity index (χ1n) is 7.37. The Morgan fingerprint density at radius 2 is 1.86 bits per heavy atom. The number of piperidine rings is 1. The van der Waals surface area contributed by atoms with E-state index in [4.69, 9.17) is 9.47 Å². The molecule has 4 heteroatoms. The van der Waals surface area contributed by atoms with Crippen LogP contribution in [0.1, 0.15) is 30.9 Å². The summed E-state index contributed by atoms with van der Waals surface area (Å²) in [4.78, 5) is 0. The lowest BCUT2D eigenvalue weighted by Gasteiger charge is -2.32. The van der Waals surface area contributed by atoms with Gasteiger partial charge in [0.25, 0.3) is 0 Å². The highest BCUT2D eigenvalue weighted by Crippen LogP contribution is 2.25. The molecule has 0 saturated carbocycles. The van der Waals surface area contributed by atoms with E-state index >= 15 is 0 Å². The normalized spacial score (nSPS) is 16.9. The fourth-order valence-electron chi connectivity index (χ4n) is 2.58. The number of hydrazine groups is 1. The molecular weight excluding hydrogens is 264 g/mol. The van der Waals surface area contributed by atoms with Gasteiger partial charge < -0.3 is 9.47 Å². The summed E-state index contributed by atoms with van der Waals surface area (Å²) in [6, 6.07) is 7.91. The molecule has 4 nitrogen and oxygen atoms in total. The van der Waals surface area contributed by atoms with Gasteiger partial charge in [0.05, 0.1) is 14.2 Å². The maximum absolute atomic E-state index is 5.44. The molecule has 0 spiro atoms. The molecule has 0 bridgehead atoms. The largest absolute Gasteiger partial charge is 0.497 e. The van der Waals surface area contributed by atoms with Gasteiger partial charge in [0.1, 0.15) is 11.8 Å². The summed E-state index contributed by atoms with van der Waals surface area (Å²) in [5.41, 5.74) is 7.54. The van der Waals surface area contributed by atoms with Gasteiger partial charge >= 0.3 is 0 Å². The van der Waals surface area contributed by atoms with E-state index in [1.54, 1.807) is 14.2 Å². The summed E-state index contributed by atoms with van der Waals surface area (Å²) in [5, 5.41) is 2.26. The molecule has 1 aliphatic rings. The maximum atomic E-state index is 5.44. The molecule has 1 aliphatic heterocycles. The Morgan fingerprint density at radius 3 is 2.38 bits per heavy atom. The lowest BCUT2D eigenvalue weighted by Crippen LogP contribution is -2.44. The van der Waals surface area contributed by atoms with Crippen molar-refractivity contribution in [2.75, 3.05) is 27.3 Å². The predicted molar refractivity (Wildman–Crippen MR) is 84.0 cm³/mol. The number of benzene rings is 1. The molecule has 0 aromatic heterocycles. The van der Waals surface area contributed by atoms with Crippen molar-refractivity contribution in [1.82, 2.24) is 10.4 Å². The SMILES string of the molecule is C=C=C(OC)C(NN1CCCCC1)c1ccc(OC)cc1. The lowest BCUT2D eigenvalue weighted by atomic mass is 10.1. The van der Waals surface area contributed by atoms with Crippen LogP contribution in [0.15, 0.2) is 42.3 Å². The molecule has 0 aliphatic carbocycles. The third kappa shape index (κ3) is 4.11. The molecule has 1 aromatic rings. The minimum Gasteiger partial charge on any atom is -0.497 e. The van der Waals surface area contributed by atoms with Crippen molar-refractivity contribution in [3.63, 3.8) is 0 Å². The number of hydrogen-bond acceptors (Lipinski definition) is 4. The van der Waals surface area contributed by atoms with E-state index in [-0.39, 0.29) is 6.04 Å². The zero-order chi connectivity index (χ0) is 15.1. The van der Waals surface area contributed by atoms with Gasteiger partial charge in [-0.2, -0.15) is 0 Å². The van der Waals surface area contributed by atoms with Gasteiger partial charge in [-0.15, -0.1) is 0 Å². The molecule has 1 heterocycles. The first kappa shape index (κ1) is 15.6. The van der Waals surface area contributed by atoms with Gasteiger partial charge in [-0.25, -0.2) is 10.4 Å². The monoisotopic (exact) mass is 288 g/mol. The maximum Gasteiger partial charge on any atom is 0.160 e. The van der Waals surface area contributed by atoms with E-state index in [1.165, 1.54) is 19.3 Å². The molecular formula is C17H24N2O2. The Hall–Kier alpha value is -1.74. The van der Waals surface area contributed by atoms with Crippen LogP contribution in [0.3, 0.4) is 0 Å². The summed E-state index contributed by atoms with van der Waals surface area (Å²) >= 11 is 0. The van der Waals surface area contributed by atoms with Crippen LogP contribution in [0.2, 0.25) is 0 Å². The van der Waals surface area contributed by atoms with Gasteiger partial charge in [0, 0.05) is 13.1 Å². The Balaban J connectivity index is 2.19. The highest BCUT2D eigenvalue weighted by Gasteiger charge is 2.21. The smallest absolute Gasteiger partial charge is 0.160 e. The van der Waals surface area contributed by atoms with E-state index in [1.807, 2.05) is 24.3 Å². The standard InChI is InChI=1S/C17H24N2O2/c1-4-16(21-3)17(18-19-12-6-5-7-13-19)14-8-10-15(20-2)11-9-14/h8-11,17-18H,1,5-7,12-13H2,2-3H3. The molecule has 1 unspecified atom stereocenters. The fraction of sp³-hybridized carbons (Fsp3) is 0.471. The fourth-order valence-corrected chi connectivity index (χ4v) is 2.58. The van der Waals surface area contributed by atoms with Crippen LogP contribution in [0.4, 0.5) is 0 Å². The first-order chi connectivity index (χ1) is 10.3. The summed E-state index contributed by atoms with van der Waals surface area (Å²) in [5.74, 6) is 1.54. The number of rotatable bonds is 6. The first-order valence-corrected chi connectivity index (χ1v) is 7.37. The average molecular weight is 288 g/mol. The molecule has 1 saturated heterocycles. The van der Waals surface area contributed by atoms with Crippen LogP contribution >= 0.6 is 0 Å². The van der Waals surface area contributed by atoms with Crippen LogP contribution in [0.25, 0.3) is 0 Å². The van der Waals surface area contributed by atoms with E-state index < -0.39 is 0 Å². The third-order valence-electron chi connectivity index (χ3n) is 3.77. The molecule has 0 radical (unpaired) electrons. The van der Waals surface area contributed by atoms with E-state index in [9.17, 15) is 0 Å². The number of nitrogens with zero attached hydrogens (tertiary/aromatic N) is 1. The number of nitrogens with one attached hydrogen (secondary N) is 1. The van der Waals surface area contributed by atoms with Crippen LogP contribution in [0, 0.1) is 0 Å². The third-order valence-corrected chi connectivity index (χ3v) is 3.77. The zero-order valence-corrected chi connectivity index (χ0v) is 12.9. The summed E-state index contributed by atoms with van der Waals surface area (Å²) in [7, 11) is 3.32. The zero-order valence-electron chi connectivity index (χ0n) is 12.9. The van der Waals surface area contributed by atoms with Crippen LogP contribution in [-0.4, -0.2) is 32.3 Å². The second kappa shape index (κ2) is 7.89. The highest BCUT2D eigenvalue weighted by atomic mass is 16.5. The second-order valence-electron chi connectivity index (χ2n) is 5.13. The average Bonchev–Trinajstić information content (AvgIpc) is 2.56. The van der Waals surface area contributed by atoms with Gasteiger partial charge in [0.2, 0.25) is 0 Å². The molecule has 1 atom stereocenters. The van der Waals surface area contributed by atoms with Crippen molar-refractivity contribution in [2.24, 2.45) is 0 Å². The second-order valence-corrected chi connectivity index (χ2v) is 5.13. The molecule has 2 rings (SSSR count). The van der Waals surface area contributed by atoms with Crippen molar-refractivity contribution in [2.45, 2.75) is 25.3 Å². The number of hydrogen-bond donors (Lipinski definition) is 1. The molecule has 1 aromatic carbocycles. The van der Waals surface area contributed by atoms with Crippen molar-refractivity contribution < 1.29 is 9.47 Å². The summed E-state index contributed by atoms with van der Waals surface area (Å²) in [6.07, 6.45) is 3.75. The summed E-state index contributed by atoms with van der Waals surface area (Å²) in [6.45, 7) is 5.85. The summed E-state index contributed by atoms with van der Waals surface area (Å²) < 4.78 is 10.7. The number of ether oxygens (including phenoxy) is 2. The Kier molecular flexibility index (Phi) is 5.88. The van der Waals surface area contributed by atoms with Gasteiger partial charge in [-0.1, -0.05) is 30.9 Å². The van der Waals surface area contributed by atoms with E-state index in [0.29, 0.717) is 5.76 Å². The lowest BCUT2D eigenvalue weighted by molar-refractivity contribution is 0.115. The minimum atomic E-state index is -0.0727. The van der Waals surface area contributed by atoms with Gasteiger partial charge in [0.15, 0.2) is 5.76 Å². The van der Waals surface area contributed by atoms with Crippen molar-refractivity contribution >= 4 is 0 Å². The minimum absolute atomic E-state index is 0.0727. The Morgan fingerprint density at radius 1 is 1.19 bits per heavy atom. The molecule has 21 heavy (non-hydrogen) atoms. The van der Waals surface area contributed by atoms with Crippen LogP contribution in [-0.2, 0) is 4.74 Å². The quantitative estimate of drug-likeness (QED) is 0.644. The molecule has 0 amide bonds. The van der Waals surface area contributed by atoms with Gasteiger partial charge in [-0.05, 0) is 30.5 Å². The van der Waals surface area contributed by atoms with Crippen molar-refractivity contribution in [3.05, 3.63) is 47.9 Å². The van der Waals surface area contributed by atoms with Crippen LogP contribution in [0.5, 0.6) is 5.75 Å².